The highest BCUT2D eigenvalue weighted by Crippen LogP contribution is 2.13. The highest BCUT2D eigenvalue weighted by atomic mass is 35.5. The predicted molar refractivity (Wildman–Crippen MR) is 56.3 cm³/mol. The normalized spacial score (nSPS) is 21.7. The molecular weight excluding hydrogens is 186 g/mol. The second-order valence-electron chi connectivity index (χ2n) is 3.97. The number of ether oxygens (including phenoxy) is 1. The number of alkyl halides is 1. The Hall–Kier alpha value is 0.210. The molecule has 0 aliphatic carbocycles. The van der Waals surface area contributed by atoms with Gasteiger partial charge >= 0.3 is 0 Å². The van der Waals surface area contributed by atoms with E-state index < -0.39 is 0 Å². The van der Waals surface area contributed by atoms with Crippen molar-refractivity contribution >= 4 is 11.6 Å². The summed E-state index contributed by atoms with van der Waals surface area (Å²) in [5.74, 6) is 2.15. The molecule has 2 nitrogen and oxygen atoms in total. The van der Waals surface area contributed by atoms with Gasteiger partial charge in [0.25, 0.3) is 0 Å². The Bertz CT molecular complexity index is 126. The van der Waals surface area contributed by atoms with Crippen LogP contribution in [-0.4, -0.2) is 32.2 Å². The van der Waals surface area contributed by atoms with E-state index >= 15 is 0 Å². The first kappa shape index (κ1) is 11.3. The first-order chi connectivity index (χ1) is 6.33. The summed E-state index contributed by atoms with van der Waals surface area (Å²) in [6, 6.07) is 0. The second kappa shape index (κ2) is 6.63. The Morgan fingerprint density at radius 3 is 2.77 bits per heavy atom. The summed E-state index contributed by atoms with van der Waals surface area (Å²) >= 11 is 5.71. The summed E-state index contributed by atoms with van der Waals surface area (Å²) in [5, 5.41) is 3.47. The fraction of sp³-hybridized carbons (Fsp3) is 1.00. The molecular formula is C10H20ClNO. The van der Waals surface area contributed by atoms with Gasteiger partial charge in [0.15, 0.2) is 0 Å². The van der Waals surface area contributed by atoms with Crippen molar-refractivity contribution in [2.24, 2.45) is 11.8 Å². The van der Waals surface area contributed by atoms with E-state index in [2.05, 4.69) is 12.2 Å². The maximum absolute atomic E-state index is 5.71. The SMILES string of the molecule is CC(CCl)CNCC1CCOCC1. The van der Waals surface area contributed by atoms with E-state index in [9.17, 15) is 0 Å². The molecule has 3 heteroatoms. The molecule has 0 amide bonds. The minimum atomic E-state index is 0.585. The van der Waals surface area contributed by atoms with Crippen LogP contribution in [0.1, 0.15) is 19.8 Å². The minimum Gasteiger partial charge on any atom is -0.381 e. The third-order valence-corrected chi connectivity index (χ3v) is 3.06. The summed E-state index contributed by atoms with van der Waals surface area (Å²) < 4.78 is 5.30. The average molecular weight is 206 g/mol. The van der Waals surface area contributed by atoms with E-state index in [4.69, 9.17) is 16.3 Å². The Kier molecular flexibility index (Phi) is 5.76. The molecule has 13 heavy (non-hydrogen) atoms. The number of nitrogens with one attached hydrogen (secondary N) is 1. The van der Waals surface area contributed by atoms with Gasteiger partial charge in [-0.15, -0.1) is 11.6 Å². The lowest BCUT2D eigenvalue weighted by Gasteiger charge is -2.22. The van der Waals surface area contributed by atoms with E-state index in [0.717, 1.165) is 38.1 Å². The fourth-order valence-corrected chi connectivity index (χ4v) is 1.65. The van der Waals surface area contributed by atoms with Gasteiger partial charge in [-0.25, -0.2) is 0 Å². The smallest absolute Gasteiger partial charge is 0.0469 e. The van der Waals surface area contributed by atoms with E-state index in [1.54, 1.807) is 0 Å². The Balaban J connectivity index is 1.98. The van der Waals surface area contributed by atoms with Crippen LogP contribution < -0.4 is 5.32 Å². The van der Waals surface area contributed by atoms with Gasteiger partial charge in [-0.3, -0.25) is 0 Å². The van der Waals surface area contributed by atoms with Crippen molar-refractivity contribution in [3.63, 3.8) is 0 Å². The highest BCUT2D eigenvalue weighted by molar-refractivity contribution is 6.18. The zero-order valence-corrected chi connectivity index (χ0v) is 9.15. The molecule has 0 aromatic carbocycles. The van der Waals surface area contributed by atoms with Gasteiger partial charge in [0.1, 0.15) is 0 Å². The van der Waals surface area contributed by atoms with E-state index in [1.165, 1.54) is 12.8 Å². The molecule has 1 atom stereocenters. The molecule has 0 aromatic rings. The lowest BCUT2D eigenvalue weighted by molar-refractivity contribution is 0.0662. The molecule has 0 aromatic heterocycles. The van der Waals surface area contributed by atoms with Crippen molar-refractivity contribution in [3.8, 4) is 0 Å². The van der Waals surface area contributed by atoms with Crippen LogP contribution in [0.25, 0.3) is 0 Å². The zero-order valence-electron chi connectivity index (χ0n) is 8.39. The number of hydrogen-bond acceptors (Lipinski definition) is 2. The molecule has 1 aliphatic rings. The molecule has 1 saturated heterocycles. The van der Waals surface area contributed by atoms with Gasteiger partial charge in [0, 0.05) is 19.1 Å². The van der Waals surface area contributed by atoms with Gasteiger partial charge in [-0.1, -0.05) is 6.92 Å². The van der Waals surface area contributed by atoms with Crippen LogP contribution in [0.2, 0.25) is 0 Å². The summed E-state index contributed by atoms with van der Waals surface area (Å²) in [6.45, 7) is 6.23. The maximum atomic E-state index is 5.71. The summed E-state index contributed by atoms with van der Waals surface area (Å²) in [7, 11) is 0. The molecule has 1 N–H and O–H groups in total. The zero-order chi connectivity index (χ0) is 9.52. The van der Waals surface area contributed by atoms with Crippen LogP contribution >= 0.6 is 11.6 Å². The van der Waals surface area contributed by atoms with Gasteiger partial charge in [0.05, 0.1) is 0 Å². The van der Waals surface area contributed by atoms with Gasteiger partial charge in [0.2, 0.25) is 0 Å². The van der Waals surface area contributed by atoms with Crippen LogP contribution in [0.4, 0.5) is 0 Å². The van der Waals surface area contributed by atoms with Crippen LogP contribution in [0, 0.1) is 11.8 Å². The van der Waals surface area contributed by atoms with Crippen molar-refractivity contribution in [2.75, 3.05) is 32.2 Å². The Morgan fingerprint density at radius 1 is 1.46 bits per heavy atom. The van der Waals surface area contributed by atoms with E-state index in [1.807, 2.05) is 0 Å². The Morgan fingerprint density at radius 2 is 2.15 bits per heavy atom. The molecule has 1 fully saturated rings. The molecule has 1 unspecified atom stereocenters. The standard InChI is InChI=1S/C10H20ClNO/c1-9(6-11)7-12-8-10-2-4-13-5-3-10/h9-10,12H,2-8H2,1H3. The van der Waals surface area contributed by atoms with Crippen LogP contribution in [0.5, 0.6) is 0 Å². The monoisotopic (exact) mass is 205 g/mol. The van der Waals surface area contributed by atoms with Gasteiger partial charge in [-0.2, -0.15) is 0 Å². The molecule has 0 radical (unpaired) electrons. The molecule has 78 valence electrons. The number of hydrogen-bond donors (Lipinski definition) is 1. The topological polar surface area (TPSA) is 21.3 Å². The average Bonchev–Trinajstić information content (AvgIpc) is 2.19. The lowest BCUT2D eigenvalue weighted by Crippen LogP contribution is -2.30. The van der Waals surface area contributed by atoms with Crippen molar-refractivity contribution < 1.29 is 4.74 Å². The minimum absolute atomic E-state index is 0.585. The van der Waals surface area contributed by atoms with Crippen molar-refractivity contribution in [1.29, 1.82) is 0 Å². The van der Waals surface area contributed by atoms with Crippen molar-refractivity contribution in [1.82, 2.24) is 5.32 Å². The molecule has 0 saturated carbocycles. The fourth-order valence-electron chi connectivity index (χ4n) is 1.54. The molecule has 1 aliphatic heterocycles. The largest absolute Gasteiger partial charge is 0.381 e. The second-order valence-corrected chi connectivity index (χ2v) is 4.28. The van der Waals surface area contributed by atoms with E-state index in [0.29, 0.717) is 5.92 Å². The highest BCUT2D eigenvalue weighted by Gasteiger charge is 2.13. The van der Waals surface area contributed by atoms with Crippen LogP contribution in [-0.2, 0) is 4.74 Å². The number of halogens is 1. The molecule has 1 rings (SSSR count). The van der Waals surface area contributed by atoms with Crippen molar-refractivity contribution in [2.45, 2.75) is 19.8 Å². The maximum Gasteiger partial charge on any atom is 0.0469 e. The summed E-state index contributed by atoms with van der Waals surface area (Å²) in [6.07, 6.45) is 2.42. The lowest BCUT2D eigenvalue weighted by atomic mass is 10.0. The first-order valence-electron chi connectivity index (χ1n) is 5.17. The van der Waals surface area contributed by atoms with Gasteiger partial charge < -0.3 is 10.1 Å². The quantitative estimate of drug-likeness (QED) is 0.693. The Labute approximate surface area is 86.0 Å². The first-order valence-corrected chi connectivity index (χ1v) is 5.70. The predicted octanol–water partition coefficient (Wildman–Crippen LogP) is 1.88. The summed E-state index contributed by atoms with van der Waals surface area (Å²) in [4.78, 5) is 0. The third kappa shape index (κ3) is 4.84. The van der Waals surface area contributed by atoms with Gasteiger partial charge in [-0.05, 0) is 37.8 Å². The van der Waals surface area contributed by atoms with E-state index in [-0.39, 0.29) is 0 Å². The molecule has 1 heterocycles. The van der Waals surface area contributed by atoms with Crippen LogP contribution in [0.3, 0.4) is 0 Å². The number of rotatable bonds is 5. The van der Waals surface area contributed by atoms with Crippen molar-refractivity contribution in [3.05, 3.63) is 0 Å². The van der Waals surface area contributed by atoms with Crippen LogP contribution in [0.15, 0.2) is 0 Å². The molecule has 0 bridgehead atoms. The molecule has 0 spiro atoms. The summed E-state index contributed by atoms with van der Waals surface area (Å²) in [5.41, 5.74) is 0. The third-order valence-electron chi connectivity index (χ3n) is 2.53.